The number of pyridine rings is 1. The number of benzene rings is 1. The van der Waals surface area contributed by atoms with Crippen LogP contribution in [0.4, 0.5) is 18.9 Å². The van der Waals surface area contributed by atoms with Gasteiger partial charge in [0.2, 0.25) is 0 Å². The SMILES string of the molecule is O=C1c2cc(Cl)c(OS(=O)(=O)C(F)(F)F)cc2CCN1c1cnccc1C1CC1. The number of aromatic nitrogens is 1. The number of alkyl halides is 3. The van der Waals surface area contributed by atoms with Gasteiger partial charge in [0.1, 0.15) is 0 Å². The van der Waals surface area contributed by atoms with E-state index in [1.54, 1.807) is 17.3 Å². The molecule has 0 atom stereocenters. The fourth-order valence-corrected chi connectivity index (χ4v) is 4.02. The summed E-state index contributed by atoms with van der Waals surface area (Å²) in [5, 5.41) is -0.402. The van der Waals surface area contributed by atoms with Crippen molar-refractivity contribution in [3.8, 4) is 5.75 Å². The number of rotatable bonds is 4. The number of carbonyl (C=O) groups is 1. The zero-order valence-electron chi connectivity index (χ0n) is 14.7. The number of nitrogens with zero attached hydrogens (tertiary/aromatic N) is 2. The van der Waals surface area contributed by atoms with Gasteiger partial charge < -0.3 is 9.08 Å². The van der Waals surface area contributed by atoms with Gasteiger partial charge in [-0.2, -0.15) is 21.6 Å². The Balaban J connectivity index is 1.67. The van der Waals surface area contributed by atoms with Gasteiger partial charge in [0.25, 0.3) is 5.91 Å². The largest absolute Gasteiger partial charge is 0.534 e. The average Bonchev–Trinajstić information content (AvgIpc) is 3.47. The van der Waals surface area contributed by atoms with Crippen LogP contribution in [0.5, 0.6) is 5.75 Å². The summed E-state index contributed by atoms with van der Waals surface area (Å²) in [5.41, 5.74) is -3.32. The minimum Gasteiger partial charge on any atom is -0.374 e. The maximum atomic E-state index is 13.0. The van der Waals surface area contributed by atoms with Gasteiger partial charge in [-0.25, -0.2) is 0 Å². The van der Waals surface area contributed by atoms with E-state index in [0.717, 1.165) is 30.5 Å². The molecule has 0 N–H and O–H groups in total. The van der Waals surface area contributed by atoms with Crippen LogP contribution < -0.4 is 9.08 Å². The van der Waals surface area contributed by atoms with Crippen LogP contribution in [0.1, 0.15) is 40.2 Å². The van der Waals surface area contributed by atoms with Gasteiger partial charge in [-0.05, 0) is 54.5 Å². The molecule has 1 aliphatic carbocycles. The standard InChI is InChI=1S/C18H14ClF3N2O4S/c19-14-8-13-11(7-16(14)28-29(26,27)18(20,21)22)4-6-24(17(13)25)15-9-23-5-3-12(15)10-1-2-10/h3,5,7-10H,1-2,4,6H2. The highest BCUT2D eigenvalue weighted by atomic mass is 35.5. The van der Waals surface area contributed by atoms with Gasteiger partial charge in [0.05, 0.1) is 16.9 Å². The van der Waals surface area contributed by atoms with E-state index in [1.807, 2.05) is 6.07 Å². The van der Waals surface area contributed by atoms with E-state index < -0.39 is 26.4 Å². The van der Waals surface area contributed by atoms with E-state index in [0.29, 0.717) is 23.6 Å². The molecule has 154 valence electrons. The van der Waals surface area contributed by atoms with Crippen LogP contribution >= 0.6 is 11.6 Å². The first-order chi connectivity index (χ1) is 13.6. The fraction of sp³-hybridized carbons (Fsp3) is 0.333. The number of amides is 1. The molecule has 1 aromatic carbocycles. The Morgan fingerprint density at radius 3 is 2.62 bits per heavy atom. The highest BCUT2D eigenvalue weighted by Crippen LogP contribution is 2.45. The summed E-state index contributed by atoms with van der Waals surface area (Å²) in [6.07, 6.45) is 5.65. The van der Waals surface area contributed by atoms with Crippen molar-refractivity contribution in [2.24, 2.45) is 0 Å². The molecule has 6 nitrogen and oxygen atoms in total. The molecule has 0 radical (unpaired) electrons. The number of hydrogen-bond acceptors (Lipinski definition) is 5. The summed E-state index contributed by atoms with van der Waals surface area (Å²) in [7, 11) is -5.86. The molecule has 4 rings (SSSR count). The van der Waals surface area contributed by atoms with Crippen LogP contribution in [0.3, 0.4) is 0 Å². The highest BCUT2D eigenvalue weighted by Gasteiger charge is 2.49. The summed E-state index contributed by atoms with van der Waals surface area (Å²) in [5.74, 6) is -0.661. The van der Waals surface area contributed by atoms with E-state index in [4.69, 9.17) is 11.6 Å². The Bertz CT molecular complexity index is 1100. The molecule has 1 fully saturated rings. The lowest BCUT2D eigenvalue weighted by Crippen LogP contribution is -2.38. The van der Waals surface area contributed by atoms with Crippen LogP contribution in [0, 0.1) is 0 Å². The molecule has 0 saturated heterocycles. The third-order valence-electron chi connectivity index (χ3n) is 4.86. The van der Waals surface area contributed by atoms with E-state index in [-0.39, 0.29) is 18.0 Å². The predicted octanol–water partition coefficient (Wildman–Crippen LogP) is 4.04. The van der Waals surface area contributed by atoms with E-state index in [9.17, 15) is 26.4 Å². The first-order valence-electron chi connectivity index (χ1n) is 8.67. The minimum atomic E-state index is -5.86. The number of halogens is 4. The van der Waals surface area contributed by atoms with Crippen molar-refractivity contribution in [2.75, 3.05) is 11.4 Å². The van der Waals surface area contributed by atoms with Gasteiger partial charge in [0.15, 0.2) is 5.75 Å². The fourth-order valence-electron chi connectivity index (χ4n) is 3.30. The highest BCUT2D eigenvalue weighted by molar-refractivity contribution is 7.88. The number of fused-ring (bicyclic) bond motifs is 1. The molecule has 0 spiro atoms. The first-order valence-corrected chi connectivity index (χ1v) is 10.5. The topological polar surface area (TPSA) is 76.6 Å². The average molecular weight is 447 g/mol. The summed E-state index contributed by atoms with van der Waals surface area (Å²) < 4.78 is 64.4. The van der Waals surface area contributed by atoms with E-state index in [2.05, 4.69) is 9.17 Å². The lowest BCUT2D eigenvalue weighted by atomic mass is 9.97. The van der Waals surface area contributed by atoms with Gasteiger partial charge in [-0.1, -0.05) is 11.6 Å². The molecule has 0 bridgehead atoms. The Hall–Kier alpha value is -2.33. The molecule has 11 heteroatoms. The van der Waals surface area contributed by atoms with Crippen molar-refractivity contribution in [3.05, 3.63) is 52.3 Å². The number of carbonyl (C=O) groups excluding carboxylic acids is 1. The maximum Gasteiger partial charge on any atom is 0.534 e. The quantitative estimate of drug-likeness (QED) is 0.523. The second-order valence-corrected chi connectivity index (χ2v) is 8.78. The Morgan fingerprint density at radius 1 is 1.24 bits per heavy atom. The summed E-state index contributed by atoms with van der Waals surface area (Å²) >= 11 is 5.93. The Kier molecular flexibility index (Phi) is 4.73. The maximum absolute atomic E-state index is 13.0. The molecule has 0 unspecified atom stereocenters. The molecule has 2 heterocycles. The zero-order chi connectivity index (χ0) is 21.0. The van der Waals surface area contributed by atoms with Crippen LogP contribution in [-0.4, -0.2) is 31.4 Å². The van der Waals surface area contributed by atoms with E-state index >= 15 is 0 Å². The van der Waals surface area contributed by atoms with Gasteiger partial charge in [-0.15, -0.1) is 0 Å². The predicted molar refractivity (Wildman–Crippen MR) is 98.6 cm³/mol. The zero-order valence-corrected chi connectivity index (χ0v) is 16.3. The van der Waals surface area contributed by atoms with Crippen molar-refractivity contribution in [2.45, 2.75) is 30.7 Å². The summed E-state index contributed by atoms with van der Waals surface area (Å²) in [4.78, 5) is 18.7. The second-order valence-electron chi connectivity index (χ2n) is 6.84. The lowest BCUT2D eigenvalue weighted by molar-refractivity contribution is -0.0500. The van der Waals surface area contributed by atoms with Crippen molar-refractivity contribution in [1.29, 1.82) is 0 Å². The van der Waals surface area contributed by atoms with Gasteiger partial charge in [0, 0.05) is 18.3 Å². The van der Waals surface area contributed by atoms with Crippen molar-refractivity contribution in [3.63, 3.8) is 0 Å². The number of anilines is 1. The van der Waals surface area contributed by atoms with Crippen molar-refractivity contribution >= 4 is 33.3 Å². The molecule has 1 aliphatic heterocycles. The van der Waals surface area contributed by atoms with Crippen LogP contribution in [0.25, 0.3) is 0 Å². The minimum absolute atomic E-state index is 0.184. The first kappa shape index (κ1) is 20.0. The van der Waals surface area contributed by atoms with Gasteiger partial charge >= 0.3 is 15.6 Å². The molecular formula is C18H14ClF3N2O4S. The third-order valence-corrected chi connectivity index (χ3v) is 6.12. The molecule has 2 aliphatic rings. The van der Waals surface area contributed by atoms with Crippen molar-refractivity contribution < 1.29 is 30.6 Å². The third kappa shape index (κ3) is 3.66. The summed E-state index contributed by atoms with van der Waals surface area (Å²) in [6, 6.07) is 4.09. The Morgan fingerprint density at radius 2 is 1.97 bits per heavy atom. The molecule has 1 saturated carbocycles. The van der Waals surface area contributed by atoms with Crippen LogP contribution in [0.2, 0.25) is 5.02 Å². The van der Waals surface area contributed by atoms with E-state index in [1.165, 1.54) is 0 Å². The van der Waals surface area contributed by atoms with Crippen LogP contribution in [-0.2, 0) is 16.5 Å². The molecule has 1 amide bonds. The second kappa shape index (κ2) is 6.88. The molecular weight excluding hydrogens is 433 g/mol. The van der Waals surface area contributed by atoms with Crippen LogP contribution in [0.15, 0.2) is 30.6 Å². The Labute approximate surface area is 169 Å². The molecule has 29 heavy (non-hydrogen) atoms. The molecule has 2 aromatic rings. The van der Waals surface area contributed by atoms with Crippen molar-refractivity contribution in [1.82, 2.24) is 4.98 Å². The smallest absolute Gasteiger partial charge is 0.374 e. The summed E-state index contributed by atoms with van der Waals surface area (Å²) in [6.45, 7) is 0.268. The number of hydrogen-bond donors (Lipinski definition) is 0. The monoisotopic (exact) mass is 446 g/mol. The normalized spacial score (nSPS) is 17.2. The van der Waals surface area contributed by atoms with Gasteiger partial charge in [-0.3, -0.25) is 9.78 Å². The molecule has 1 aromatic heterocycles. The lowest BCUT2D eigenvalue weighted by Gasteiger charge is -2.30.